The number of phenols is 1. The Morgan fingerprint density at radius 3 is 2.53 bits per heavy atom. The van der Waals surface area contributed by atoms with Crippen molar-refractivity contribution in [3.8, 4) is 11.5 Å². The zero-order valence-corrected chi connectivity index (χ0v) is 19.0. The van der Waals surface area contributed by atoms with Gasteiger partial charge in [0.25, 0.3) is 0 Å². The van der Waals surface area contributed by atoms with E-state index in [0.29, 0.717) is 44.1 Å². The second kappa shape index (κ2) is 11.8. The van der Waals surface area contributed by atoms with Crippen LogP contribution in [0.25, 0.3) is 6.08 Å². The lowest BCUT2D eigenvalue weighted by Gasteiger charge is -2.39. The highest BCUT2D eigenvalue weighted by Crippen LogP contribution is 2.33. The molecule has 10 heteroatoms. The van der Waals surface area contributed by atoms with Crippen molar-refractivity contribution in [3.63, 3.8) is 0 Å². The van der Waals surface area contributed by atoms with E-state index in [-0.39, 0.29) is 17.1 Å². The molecule has 0 spiro atoms. The quantitative estimate of drug-likeness (QED) is 0.395. The Hall–Kier alpha value is -2.50. The van der Waals surface area contributed by atoms with Gasteiger partial charge in [-0.15, -0.1) is 0 Å². The van der Waals surface area contributed by atoms with Gasteiger partial charge in [-0.2, -0.15) is 0 Å². The number of carbonyl (C=O) groups is 2. The molecule has 1 saturated heterocycles. The van der Waals surface area contributed by atoms with Gasteiger partial charge in [-0.05, 0) is 44.2 Å². The molecule has 1 aromatic carbocycles. The number of carbonyl (C=O) groups excluding carboxylic acids is 2. The van der Waals surface area contributed by atoms with E-state index in [1.54, 1.807) is 19.1 Å². The van der Waals surface area contributed by atoms with Crippen LogP contribution >= 0.6 is 0 Å². The summed E-state index contributed by atoms with van der Waals surface area (Å²) in [6.45, 7) is 1.10. The predicted molar refractivity (Wildman–Crippen MR) is 119 cm³/mol. The Labute approximate surface area is 197 Å². The summed E-state index contributed by atoms with van der Waals surface area (Å²) in [7, 11) is 0. The minimum atomic E-state index is -1.63. The number of aromatic hydroxyl groups is 1. The van der Waals surface area contributed by atoms with Crippen molar-refractivity contribution in [3.05, 3.63) is 29.3 Å². The van der Waals surface area contributed by atoms with E-state index in [1.165, 1.54) is 6.07 Å². The van der Waals surface area contributed by atoms with Crippen LogP contribution in [0.15, 0.2) is 18.2 Å². The van der Waals surface area contributed by atoms with Gasteiger partial charge in [0.1, 0.15) is 47.3 Å². The number of allylic oxidation sites excluding steroid dienone is 1. The maximum absolute atomic E-state index is 12.8. The molecule has 1 fully saturated rings. The summed E-state index contributed by atoms with van der Waals surface area (Å²) in [6, 6.07) is 2.60. The van der Waals surface area contributed by atoms with Gasteiger partial charge in [0.15, 0.2) is 0 Å². The number of cyclic esters (lactones) is 1. The zero-order chi connectivity index (χ0) is 24.8. The monoisotopic (exact) mass is 480 g/mol. The molecule has 6 unspecified atom stereocenters. The van der Waals surface area contributed by atoms with E-state index in [9.17, 15) is 35.1 Å². The summed E-state index contributed by atoms with van der Waals surface area (Å²) >= 11 is 0. The molecule has 1 aromatic rings. The van der Waals surface area contributed by atoms with Crippen molar-refractivity contribution < 1.29 is 49.3 Å². The van der Waals surface area contributed by atoms with Gasteiger partial charge in [-0.1, -0.05) is 12.2 Å². The standard InChI is InChI=1S/C24H32O10/c1-13-6-5-9-15(26)8-4-2-3-7-14-10-16(11-17(27)19(14)23(31)32-13)33-24-22(30)21(29)20(28)18(12-25)34-24/h3,7,10-11,13,18,20-22,24-25,27-30H,2,4-6,8-9,12H2,1H3. The normalized spacial score (nSPS) is 31.3. The van der Waals surface area contributed by atoms with E-state index >= 15 is 0 Å². The smallest absolute Gasteiger partial charge is 0.342 e. The van der Waals surface area contributed by atoms with Gasteiger partial charge in [-0.3, -0.25) is 4.79 Å². The van der Waals surface area contributed by atoms with Crippen molar-refractivity contribution in [1.29, 1.82) is 0 Å². The van der Waals surface area contributed by atoms with Crippen LogP contribution in [0.5, 0.6) is 11.5 Å². The Morgan fingerprint density at radius 1 is 1.06 bits per heavy atom. The van der Waals surface area contributed by atoms with Gasteiger partial charge in [0.05, 0.1) is 12.7 Å². The lowest BCUT2D eigenvalue weighted by atomic mass is 9.99. The van der Waals surface area contributed by atoms with Crippen LogP contribution in [0.2, 0.25) is 0 Å². The first-order valence-corrected chi connectivity index (χ1v) is 11.4. The SMILES string of the molecule is CC1CCCC(=O)CCCC=Cc2cc(OC3OC(CO)C(O)C(O)C3O)cc(O)c2C(=O)O1. The molecular formula is C24H32O10. The lowest BCUT2D eigenvalue weighted by molar-refractivity contribution is -0.277. The Bertz CT molecular complexity index is 896. The number of esters is 1. The van der Waals surface area contributed by atoms with Crippen molar-refractivity contribution in [2.75, 3.05) is 6.61 Å². The number of hydrogen-bond donors (Lipinski definition) is 5. The van der Waals surface area contributed by atoms with Crippen LogP contribution in [0.1, 0.15) is 61.4 Å². The van der Waals surface area contributed by atoms with Crippen LogP contribution in [0, 0.1) is 0 Å². The Balaban J connectivity index is 1.88. The van der Waals surface area contributed by atoms with Crippen LogP contribution in [-0.4, -0.2) is 80.7 Å². The third-order valence-electron chi connectivity index (χ3n) is 5.92. The molecule has 0 aliphatic carbocycles. The first-order chi connectivity index (χ1) is 16.2. The number of benzene rings is 1. The van der Waals surface area contributed by atoms with Crippen molar-refractivity contribution in [1.82, 2.24) is 0 Å². The molecule has 0 aromatic heterocycles. The third-order valence-corrected chi connectivity index (χ3v) is 5.92. The Morgan fingerprint density at radius 2 is 1.79 bits per heavy atom. The lowest BCUT2D eigenvalue weighted by Crippen LogP contribution is -2.60. The summed E-state index contributed by atoms with van der Waals surface area (Å²) in [5.41, 5.74) is 0.234. The topological polar surface area (TPSA) is 163 Å². The molecule has 188 valence electrons. The molecule has 2 heterocycles. The molecule has 0 amide bonds. The summed E-state index contributed by atoms with van der Waals surface area (Å²) < 4.78 is 16.4. The molecular weight excluding hydrogens is 448 g/mol. The summed E-state index contributed by atoms with van der Waals surface area (Å²) in [6.07, 6.45) is -1.24. The van der Waals surface area contributed by atoms with E-state index in [0.717, 1.165) is 6.07 Å². The van der Waals surface area contributed by atoms with Gasteiger partial charge < -0.3 is 39.7 Å². The molecule has 0 radical (unpaired) electrons. The van der Waals surface area contributed by atoms with Crippen LogP contribution in [-0.2, 0) is 14.3 Å². The van der Waals surface area contributed by atoms with Crippen LogP contribution in [0.3, 0.4) is 0 Å². The maximum Gasteiger partial charge on any atom is 0.342 e. The number of ether oxygens (including phenoxy) is 3. The second-order valence-corrected chi connectivity index (χ2v) is 8.66. The van der Waals surface area contributed by atoms with Crippen molar-refractivity contribution in [2.24, 2.45) is 0 Å². The van der Waals surface area contributed by atoms with Gasteiger partial charge >= 0.3 is 5.97 Å². The number of rotatable bonds is 3. The highest BCUT2D eigenvalue weighted by atomic mass is 16.7. The second-order valence-electron chi connectivity index (χ2n) is 8.66. The molecule has 34 heavy (non-hydrogen) atoms. The van der Waals surface area contributed by atoms with Gasteiger partial charge in [-0.25, -0.2) is 4.79 Å². The fraction of sp³-hybridized carbons (Fsp3) is 0.583. The summed E-state index contributed by atoms with van der Waals surface area (Å²) in [5, 5.41) is 50.1. The number of ketones is 1. The summed E-state index contributed by atoms with van der Waals surface area (Å²) in [4.78, 5) is 24.8. The zero-order valence-electron chi connectivity index (χ0n) is 19.0. The average Bonchev–Trinajstić information content (AvgIpc) is 2.78. The number of Topliss-reactive ketones (excluding diaryl/α,β-unsaturated/α-hetero) is 1. The maximum atomic E-state index is 12.8. The highest BCUT2D eigenvalue weighted by molar-refractivity contribution is 5.97. The molecule has 6 atom stereocenters. The minimum absolute atomic E-state index is 0.0161. The molecule has 0 bridgehead atoms. The molecule has 2 aliphatic rings. The van der Waals surface area contributed by atoms with Crippen molar-refractivity contribution in [2.45, 2.75) is 82.3 Å². The fourth-order valence-electron chi connectivity index (χ4n) is 3.98. The number of phenolic OH excluding ortho intramolecular Hbond substituents is 1. The number of aliphatic hydroxyl groups is 4. The molecule has 10 nitrogen and oxygen atoms in total. The van der Waals surface area contributed by atoms with E-state index in [1.807, 2.05) is 0 Å². The molecule has 3 rings (SSSR count). The number of fused-ring (bicyclic) bond motifs is 1. The van der Waals surface area contributed by atoms with Crippen LogP contribution in [0.4, 0.5) is 0 Å². The average molecular weight is 481 g/mol. The molecule has 5 N–H and O–H groups in total. The van der Waals surface area contributed by atoms with Crippen LogP contribution < -0.4 is 4.74 Å². The van der Waals surface area contributed by atoms with E-state index < -0.39 is 55.1 Å². The largest absolute Gasteiger partial charge is 0.507 e. The van der Waals surface area contributed by atoms with Crippen molar-refractivity contribution >= 4 is 17.8 Å². The third kappa shape index (κ3) is 6.34. The summed E-state index contributed by atoms with van der Waals surface area (Å²) in [5.74, 6) is -0.965. The highest BCUT2D eigenvalue weighted by Gasteiger charge is 2.44. The fourth-order valence-corrected chi connectivity index (χ4v) is 3.98. The van der Waals surface area contributed by atoms with Gasteiger partial charge in [0.2, 0.25) is 6.29 Å². The first kappa shape index (κ1) is 26.1. The number of hydrogen-bond acceptors (Lipinski definition) is 10. The molecule has 0 saturated carbocycles. The van der Waals surface area contributed by atoms with E-state index in [2.05, 4.69) is 0 Å². The first-order valence-electron chi connectivity index (χ1n) is 11.4. The van der Waals surface area contributed by atoms with Gasteiger partial charge in [0, 0.05) is 18.9 Å². The Kier molecular flexibility index (Phi) is 9.03. The number of aliphatic hydroxyl groups excluding tert-OH is 4. The van der Waals surface area contributed by atoms with E-state index in [4.69, 9.17) is 14.2 Å². The predicted octanol–water partition coefficient (Wildman–Crippen LogP) is 1.05. The minimum Gasteiger partial charge on any atom is -0.507 e. The molecule has 2 aliphatic heterocycles.